The molecule has 4 rings (SSSR count). The van der Waals surface area contributed by atoms with Crippen LogP contribution in [0.2, 0.25) is 0 Å². The molecular formula is C22H29N6O3+. The van der Waals surface area contributed by atoms with Gasteiger partial charge < -0.3 is 14.6 Å². The summed E-state index contributed by atoms with van der Waals surface area (Å²) in [6, 6.07) is 8.46. The third-order valence-corrected chi connectivity index (χ3v) is 6.00. The van der Waals surface area contributed by atoms with Crippen molar-refractivity contribution in [3.8, 4) is 0 Å². The molecule has 2 heterocycles. The van der Waals surface area contributed by atoms with Crippen molar-refractivity contribution in [2.24, 2.45) is 0 Å². The Hall–Kier alpha value is -3.07. The first-order chi connectivity index (χ1) is 15.0. The lowest BCUT2D eigenvalue weighted by Gasteiger charge is -2.25. The molecule has 164 valence electrons. The molecule has 0 radical (unpaired) electrons. The molecule has 1 atom stereocenters. The highest BCUT2D eigenvalue weighted by atomic mass is 16.5. The second kappa shape index (κ2) is 9.38. The lowest BCUT2D eigenvalue weighted by molar-refractivity contribution is -0.952. The van der Waals surface area contributed by atoms with E-state index in [9.17, 15) is 9.59 Å². The minimum absolute atomic E-state index is 0.00997. The number of quaternary nitrogens is 1. The molecule has 0 aliphatic heterocycles. The third-order valence-electron chi connectivity index (χ3n) is 6.00. The van der Waals surface area contributed by atoms with Crippen LogP contribution in [0, 0.1) is 6.92 Å². The number of carbonyl (C=O) groups is 1. The van der Waals surface area contributed by atoms with Gasteiger partial charge in [-0.05, 0) is 73.5 Å². The summed E-state index contributed by atoms with van der Waals surface area (Å²) < 4.78 is 6.53. The quantitative estimate of drug-likeness (QED) is 0.520. The maximum Gasteiger partial charge on any atom is 0.327 e. The second-order valence-corrected chi connectivity index (χ2v) is 8.27. The highest BCUT2D eigenvalue weighted by molar-refractivity contribution is 5.79. The average molecular weight is 426 g/mol. The van der Waals surface area contributed by atoms with E-state index in [0.717, 1.165) is 34.9 Å². The van der Waals surface area contributed by atoms with Gasteiger partial charge >= 0.3 is 5.97 Å². The second-order valence-electron chi connectivity index (χ2n) is 8.27. The number of benzene rings is 1. The Morgan fingerprint density at radius 1 is 1.26 bits per heavy atom. The van der Waals surface area contributed by atoms with Crippen molar-refractivity contribution in [3.05, 3.63) is 51.6 Å². The molecule has 0 spiro atoms. The summed E-state index contributed by atoms with van der Waals surface area (Å²) in [5.74, 6) is 0.267. The van der Waals surface area contributed by atoms with Crippen LogP contribution >= 0.6 is 0 Å². The van der Waals surface area contributed by atoms with E-state index >= 15 is 0 Å². The molecule has 1 aliphatic rings. The van der Waals surface area contributed by atoms with Crippen molar-refractivity contribution in [1.82, 2.24) is 25.2 Å². The van der Waals surface area contributed by atoms with Crippen LogP contribution in [0.4, 0.5) is 0 Å². The van der Waals surface area contributed by atoms with Crippen molar-refractivity contribution in [3.63, 3.8) is 0 Å². The van der Waals surface area contributed by atoms with E-state index in [2.05, 4.69) is 26.6 Å². The van der Waals surface area contributed by atoms with Crippen LogP contribution in [0.1, 0.15) is 49.6 Å². The summed E-state index contributed by atoms with van der Waals surface area (Å²) in [6.07, 6.45) is 4.60. The minimum atomic E-state index is -0.361. The molecule has 2 aromatic heterocycles. The third kappa shape index (κ3) is 4.99. The fourth-order valence-electron chi connectivity index (χ4n) is 4.44. The number of fused-ring (bicyclic) bond motifs is 1. The van der Waals surface area contributed by atoms with Gasteiger partial charge in [-0.15, -0.1) is 5.10 Å². The number of hydrogen-bond donors (Lipinski definition) is 2. The van der Waals surface area contributed by atoms with Gasteiger partial charge in [-0.3, -0.25) is 9.59 Å². The molecule has 1 aliphatic carbocycles. The zero-order chi connectivity index (χ0) is 21.8. The van der Waals surface area contributed by atoms with Crippen LogP contribution in [0.5, 0.6) is 0 Å². The van der Waals surface area contributed by atoms with Crippen molar-refractivity contribution in [2.75, 3.05) is 6.61 Å². The standard InChI is InChI=1S/C22H28N6O3/c1-3-31-21(29)14-28-20(24-25-26-28)13-27(18-6-4-5-7-18)12-17-11-16-10-15(2)8-9-19(16)23-22(17)30/h8-11,18H,3-7,12-14H2,1-2H3,(H,23,30)/p+1. The molecule has 9 nitrogen and oxygen atoms in total. The summed E-state index contributed by atoms with van der Waals surface area (Å²) >= 11 is 0. The number of aromatic nitrogens is 5. The van der Waals surface area contributed by atoms with E-state index in [1.54, 1.807) is 6.92 Å². The molecule has 0 amide bonds. The maximum absolute atomic E-state index is 12.8. The summed E-state index contributed by atoms with van der Waals surface area (Å²) in [6.45, 7) is 5.25. The number of aryl methyl sites for hydroxylation is 1. The van der Waals surface area contributed by atoms with Gasteiger partial charge in [0.1, 0.15) is 19.6 Å². The number of pyridine rings is 1. The van der Waals surface area contributed by atoms with E-state index < -0.39 is 0 Å². The molecule has 1 fully saturated rings. The van der Waals surface area contributed by atoms with E-state index in [-0.39, 0.29) is 18.1 Å². The van der Waals surface area contributed by atoms with Gasteiger partial charge in [-0.25, -0.2) is 4.68 Å². The average Bonchev–Trinajstić information content (AvgIpc) is 3.41. The molecule has 1 saturated carbocycles. The number of H-pyrrole nitrogens is 1. The van der Waals surface area contributed by atoms with Gasteiger partial charge in [-0.1, -0.05) is 11.6 Å². The largest absolute Gasteiger partial charge is 0.465 e. The monoisotopic (exact) mass is 425 g/mol. The highest BCUT2D eigenvalue weighted by Gasteiger charge is 2.29. The normalized spacial score (nSPS) is 15.4. The minimum Gasteiger partial charge on any atom is -0.465 e. The number of nitrogens with one attached hydrogen (secondary N) is 2. The molecule has 31 heavy (non-hydrogen) atoms. The zero-order valence-corrected chi connectivity index (χ0v) is 18.1. The van der Waals surface area contributed by atoms with E-state index in [0.29, 0.717) is 31.6 Å². The molecular weight excluding hydrogens is 396 g/mol. The number of tetrazole rings is 1. The lowest BCUT2D eigenvalue weighted by atomic mass is 10.1. The van der Waals surface area contributed by atoms with Crippen LogP contribution < -0.4 is 10.5 Å². The Bertz CT molecular complexity index is 1120. The number of ether oxygens (including phenoxy) is 1. The van der Waals surface area contributed by atoms with Gasteiger partial charge in [0.05, 0.1) is 18.2 Å². The first-order valence-electron chi connectivity index (χ1n) is 10.9. The summed E-state index contributed by atoms with van der Waals surface area (Å²) in [4.78, 5) is 28.9. The first kappa shape index (κ1) is 21.2. The Morgan fingerprint density at radius 2 is 2.06 bits per heavy atom. The molecule has 9 heteroatoms. The highest BCUT2D eigenvalue weighted by Crippen LogP contribution is 2.17. The smallest absolute Gasteiger partial charge is 0.327 e. The number of rotatable bonds is 8. The topological polar surface area (TPSA) is 107 Å². The summed E-state index contributed by atoms with van der Waals surface area (Å²) in [7, 11) is 0. The molecule has 2 N–H and O–H groups in total. The first-order valence-corrected chi connectivity index (χ1v) is 10.9. The SMILES string of the molecule is CCOC(=O)Cn1nnnc1C[NH+](Cc1cc2cc(C)ccc2[nH]c1=O)C1CCCC1. The Balaban J connectivity index is 1.59. The fourth-order valence-corrected chi connectivity index (χ4v) is 4.44. The summed E-state index contributed by atoms with van der Waals surface area (Å²) in [5, 5.41) is 12.9. The predicted octanol–water partition coefficient (Wildman–Crippen LogP) is 0.914. The van der Waals surface area contributed by atoms with E-state index in [1.165, 1.54) is 22.4 Å². The maximum atomic E-state index is 12.8. The van der Waals surface area contributed by atoms with E-state index in [4.69, 9.17) is 4.74 Å². The fraction of sp³-hybridized carbons (Fsp3) is 0.500. The van der Waals surface area contributed by atoms with Crippen LogP contribution in [-0.2, 0) is 29.2 Å². The molecule has 1 unspecified atom stereocenters. The summed E-state index contributed by atoms with van der Waals surface area (Å²) in [5.41, 5.74) is 2.70. The van der Waals surface area contributed by atoms with Gasteiger partial charge in [0.25, 0.3) is 5.56 Å². The van der Waals surface area contributed by atoms with E-state index in [1.807, 2.05) is 25.1 Å². The van der Waals surface area contributed by atoms with Crippen LogP contribution in [0.15, 0.2) is 29.1 Å². The lowest BCUT2D eigenvalue weighted by Crippen LogP contribution is -3.13. The van der Waals surface area contributed by atoms with Crippen molar-refractivity contribution >= 4 is 16.9 Å². The number of hydrogen-bond acceptors (Lipinski definition) is 6. The van der Waals surface area contributed by atoms with Gasteiger partial charge in [0, 0.05) is 5.52 Å². The van der Waals surface area contributed by atoms with Crippen LogP contribution in [0.25, 0.3) is 10.9 Å². The van der Waals surface area contributed by atoms with Gasteiger partial charge in [0.2, 0.25) is 5.82 Å². The number of carbonyl (C=O) groups excluding carboxylic acids is 1. The van der Waals surface area contributed by atoms with Gasteiger partial charge in [-0.2, -0.15) is 0 Å². The van der Waals surface area contributed by atoms with Crippen molar-refractivity contribution in [2.45, 2.75) is 65.2 Å². The van der Waals surface area contributed by atoms with Crippen LogP contribution in [0.3, 0.4) is 0 Å². The molecule has 0 bridgehead atoms. The van der Waals surface area contributed by atoms with Crippen molar-refractivity contribution < 1.29 is 14.4 Å². The Morgan fingerprint density at radius 3 is 2.84 bits per heavy atom. The van der Waals surface area contributed by atoms with Crippen molar-refractivity contribution in [1.29, 1.82) is 0 Å². The molecule has 0 saturated heterocycles. The Labute approximate surface area is 180 Å². The number of esters is 1. The Kier molecular flexibility index (Phi) is 6.41. The predicted molar refractivity (Wildman–Crippen MR) is 114 cm³/mol. The number of aromatic amines is 1. The van der Waals surface area contributed by atoms with Gasteiger partial charge in [0.15, 0.2) is 0 Å². The zero-order valence-electron chi connectivity index (χ0n) is 18.1. The number of nitrogens with zero attached hydrogens (tertiary/aromatic N) is 4. The molecule has 3 aromatic rings. The molecule has 1 aromatic carbocycles. The van der Waals surface area contributed by atoms with Crippen LogP contribution in [-0.4, -0.2) is 43.8 Å².